The molecule has 0 radical (unpaired) electrons. The number of benzene rings is 1. The van der Waals surface area contributed by atoms with Gasteiger partial charge in [-0.25, -0.2) is 19.2 Å². The zero-order valence-electron chi connectivity index (χ0n) is 23.0. The van der Waals surface area contributed by atoms with Gasteiger partial charge in [-0.2, -0.15) is 0 Å². The second-order valence-corrected chi connectivity index (χ2v) is 16.3. The number of anilines is 1. The summed E-state index contributed by atoms with van der Waals surface area (Å²) in [6.07, 6.45) is 0.494. The monoisotopic (exact) mass is 527 g/mol. The molecule has 0 aliphatic heterocycles. The third kappa shape index (κ3) is 7.97. The number of hydrogen-bond acceptors (Lipinski definition) is 6. The van der Waals surface area contributed by atoms with E-state index in [-0.39, 0.29) is 11.6 Å². The fourth-order valence-electron chi connectivity index (χ4n) is 3.27. The highest BCUT2D eigenvalue weighted by molar-refractivity contribution is 6.74. The molecule has 2 aromatic heterocycles. The van der Waals surface area contributed by atoms with E-state index in [1.54, 1.807) is 33.0 Å². The highest BCUT2D eigenvalue weighted by atomic mass is 28.4. The molecular formula is C28H38FN3O4Si. The van der Waals surface area contributed by atoms with Crippen LogP contribution in [0.25, 0.3) is 22.2 Å². The largest absolute Gasteiger partial charge is 0.491 e. The van der Waals surface area contributed by atoms with E-state index in [0.29, 0.717) is 11.6 Å². The van der Waals surface area contributed by atoms with E-state index in [1.165, 1.54) is 0 Å². The van der Waals surface area contributed by atoms with Gasteiger partial charge in [-0.05, 0) is 75.3 Å². The van der Waals surface area contributed by atoms with Gasteiger partial charge in [-0.3, -0.25) is 5.32 Å². The first-order valence-electron chi connectivity index (χ1n) is 12.4. The molecule has 0 fully saturated rings. The Morgan fingerprint density at radius 2 is 1.78 bits per heavy atom. The van der Waals surface area contributed by atoms with Gasteiger partial charge in [0.2, 0.25) is 0 Å². The summed E-state index contributed by atoms with van der Waals surface area (Å²) in [7, 11) is -2.09. The molecule has 1 amide bonds. The van der Waals surface area contributed by atoms with Crippen LogP contribution in [0.15, 0.2) is 48.7 Å². The van der Waals surface area contributed by atoms with Crippen molar-refractivity contribution in [1.82, 2.24) is 9.97 Å². The lowest BCUT2D eigenvalue weighted by molar-refractivity contribution is 0.0635. The maximum absolute atomic E-state index is 13.7. The Kier molecular flexibility index (Phi) is 8.59. The van der Waals surface area contributed by atoms with Crippen molar-refractivity contribution in [2.45, 2.75) is 71.4 Å². The molecule has 1 aromatic carbocycles. The van der Waals surface area contributed by atoms with Gasteiger partial charge in [-0.15, -0.1) is 0 Å². The molecule has 2 heterocycles. The molecule has 1 N–H and O–H groups in total. The predicted octanol–water partition coefficient (Wildman–Crippen LogP) is 7.38. The van der Waals surface area contributed by atoms with E-state index in [2.05, 4.69) is 44.2 Å². The minimum absolute atomic E-state index is 0.00278. The van der Waals surface area contributed by atoms with Crippen LogP contribution in [0, 0.1) is 0 Å². The first kappa shape index (κ1) is 28.5. The Balaban J connectivity index is 1.66. The minimum Gasteiger partial charge on any atom is -0.491 e. The van der Waals surface area contributed by atoms with Crippen molar-refractivity contribution in [1.29, 1.82) is 0 Å². The smallest absolute Gasteiger partial charge is 0.413 e. The van der Waals surface area contributed by atoms with Crippen molar-refractivity contribution in [3.63, 3.8) is 0 Å². The maximum atomic E-state index is 13.7. The van der Waals surface area contributed by atoms with Gasteiger partial charge < -0.3 is 13.9 Å². The quantitative estimate of drug-likeness (QED) is 0.308. The summed E-state index contributed by atoms with van der Waals surface area (Å²) in [5.41, 5.74) is 1.76. The summed E-state index contributed by atoms with van der Waals surface area (Å²) in [4.78, 5) is 21.0. The van der Waals surface area contributed by atoms with Crippen molar-refractivity contribution >= 4 is 31.1 Å². The summed E-state index contributed by atoms with van der Waals surface area (Å²) in [5.74, 6) is 1.03. The molecule has 7 nitrogen and oxygen atoms in total. The molecule has 0 aliphatic carbocycles. The first-order chi connectivity index (χ1) is 17.2. The highest BCUT2D eigenvalue weighted by Crippen LogP contribution is 2.37. The summed E-state index contributed by atoms with van der Waals surface area (Å²) < 4.78 is 31.0. The second kappa shape index (κ2) is 11.1. The van der Waals surface area contributed by atoms with Gasteiger partial charge in [0.25, 0.3) is 0 Å². The predicted molar refractivity (Wildman–Crippen MR) is 148 cm³/mol. The lowest BCUT2D eigenvalue weighted by Crippen LogP contribution is -2.46. The second-order valence-electron chi connectivity index (χ2n) is 11.6. The lowest BCUT2D eigenvalue weighted by Gasteiger charge is -2.38. The van der Waals surface area contributed by atoms with E-state index in [9.17, 15) is 9.18 Å². The Morgan fingerprint density at radius 1 is 1.05 bits per heavy atom. The lowest BCUT2D eigenvalue weighted by atomic mass is 10.1. The number of halogens is 1. The average Bonchev–Trinajstić information content (AvgIpc) is 2.79. The van der Waals surface area contributed by atoms with Gasteiger partial charge in [0, 0.05) is 17.1 Å². The van der Waals surface area contributed by atoms with E-state index in [0.717, 1.165) is 22.2 Å². The van der Waals surface area contributed by atoms with E-state index in [4.69, 9.17) is 18.9 Å². The van der Waals surface area contributed by atoms with Crippen LogP contribution in [0.5, 0.6) is 5.75 Å². The fraction of sp³-hybridized carbons (Fsp3) is 0.464. The molecule has 1 atom stereocenters. The van der Waals surface area contributed by atoms with Crippen LogP contribution < -0.4 is 10.1 Å². The molecule has 3 rings (SSSR count). The van der Waals surface area contributed by atoms with Gasteiger partial charge >= 0.3 is 6.09 Å². The number of ether oxygens (including phenoxy) is 2. The van der Waals surface area contributed by atoms with Gasteiger partial charge in [0.15, 0.2) is 8.32 Å². The van der Waals surface area contributed by atoms with E-state index < -0.39 is 32.8 Å². The number of hydrogen-bond donors (Lipinski definition) is 1. The number of carbonyl (C=O) groups excluding carboxylic acids is 1. The zero-order valence-corrected chi connectivity index (χ0v) is 24.0. The molecule has 0 saturated carbocycles. The van der Waals surface area contributed by atoms with Crippen molar-refractivity contribution in [2.75, 3.05) is 18.6 Å². The highest BCUT2D eigenvalue weighted by Gasteiger charge is 2.39. The van der Waals surface area contributed by atoms with Crippen LogP contribution in [0.3, 0.4) is 0 Å². The molecule has 0 bridgehead atoms. The molecule has 9 heteroatoms. The summed E-state index contributed by atoms with van der Waals surface area (Å²) >= 11 is 0. The first-order valence-corrected chi connectivity index (χ1v) is 15.3. The van der Waals surface area contributed by atoms with Gasteiger partial charge in [0.1, 0.15) is 36.6 Å². The third-order valence-corrected chi connectivity index (χ3v) is 10.8. The summed E-state index contributed by atoms with van der Waals surface area (Å²) in [6, 6.07) is 13.0. The molecule has 200 valence electrons. The van der Waals surface area contributed by atoms with Crippen LogP contribution in [-0.2, 0) is 9.16 Å². The Bertz CT molecular complexity index is 1220. The number of aromatic nitrogens is 2. The molecule has 3 aromatic rings. The van der Waals surface area contributed by atoms with Crippen LogP contribution >= 0.6 is 0 Å². The Morgan fingerprint density at radius 3 is 2.38 bits per heavy atom. The maximum Gasteiger partial charge on any atom is 0.413 e. The number of nitrogens with zero attached hydrogens (tertiary/aromatic N) is 2. The molecule has 0 aliphatic rings. The zero-order chi connectivity index (χ0) is 27.4. The molecule has 1 unspecified atom stereocenters. The minimum atomic E-state index is -2.09. The van der Waals surface area contributed by atoms with Crippen LogP contribution in [0.1, 0.15) is 41.5 Å². The van der Waals surface area contributed by atoms with Crippen LogP contribution in [0.4, 0.5) is 15.0 Å². The topological polar surface area (TPSA) is 82.6 Å². The Labute approximate surface area is 219 Å². The van der Waals surface area contributed by atoms with Crippen LogP contribution in [-0.4, -0.2) is 49.4 Å². The van der Waals surface area contributed by atoms with Gasteiger partial charge in [0.05, 0.1) is 11.2 Å². The fourth-order valence-corrected chi connectivity index (χ4v) is 4.59. The number of nitrogens with one attached hydrogen (secondary N) is 1. The molecule has 0 spiro atoms. The van der Waals surface area contributed by atoms with Crippen molar-refractivity contribution in [3.05, 3.63) is 48.7 Å². The van der Waals surface area contributed by atoms with Crippen LogP contribution in [0.2, 0.25) is 18.1 Å². The van der Waals surface area contributed by atoms with E-state index >= 15 is 0 Å². The standard InChI is InChI=1S/C28H38FN3O4Si/c1-27(2,3)35-26(33)32-25-14-10-20(17-30-25)24-12-9-19-15-21(11-13-23(19)31-24)34-18-22(16-29)36-37(7,8)28(4,5)6/h9-15,17,22H,16,18H2,1-8H3,(H,30,32,33). The number of pyridine rings is 2. The van der Waals surface area contributed by atoms with Crippen molar-refractivity contribution in [2.24, 2.45) is 0 Å². The number of amides is 1. The summed E-state index contributed by atoms with van der Waals surface area (Å²) in [5, 5.41) is 3.52. The SMILES string of the molecule is CC(C)(C)OC(=O)Nc1ccc(-c2ccc3cc(OCC(CF)O[Si](C)(C)C(C)(C)C)ccc3n2)cn1. The molecule has 0 saturated heterocycles. The normalized spacial score (nSPS) is 13.3. The number of alkyl halides is 1. The Hall–Kier alpha value is -3.04. The molecular weight excluding hydrogens is 489 g/mol. The average molecular weight is 528 g/mol. The molecule has 37 heavy (non-hydrogen) atoms. The number of carbonyl (C=O) groups is 1. The summed E-state index contributed by atoms with van der Waals surface area (Å²) in [6.45, 7) is 15.6. The van der Waals surface area contributed by atoms with Crippen molar-refractivity contribution < 1.29 is 23.1 Å². The number of fused-ring (bicyclic) bond motifs is 1. The van der Waals surface area contributed by atoms with Crippen molar-refractivity contribution in [3.8, 4) is 17.0 Å². The number of rotatable bonds is 8. The van der Waals surface area contributed by atoms with Gasteiger partial charge in [-0.1, -0.05) is 26.8 Å². The third-order valence-electron chi connectivity index (χ3n) is 6.22. The van der Waals surface area contributed by atoms with E-state index in [1.807, 2.05) is 36.4 Å².